The van der Waals surface area contributed by atoms with Gasteiger partial charge in [-0.3, -0.25) is 9.80 Å². The topological polar surface area (TPSA) is 103 Å². The summed E-state index contributed by atoms with van der Waals surface area (Å²) >= 11 is 0. The van der Waals surface area contributed by atoms with Gasteiger partial charge >= 0.3 is 12.1 Å². The van der Waals surface area contributed by atoms with Crippen LogP contribution in [0, 0.1) is 0 Å². The predicted octanol–water partition coefficient (Wildman–Crippen LogP) is 2.15. The molecule has 206 valence electrons. The summed E-state index contributed by atoms with van der Waals surface area (Å²) in [5.41, 5.74) is 1.68. The highest BCUT2D eigenvalue weighted by atomic mass is 16.6. The molecular formula is C29H40N4O5. The van der Waals surface area contributed by atoms with Gasteiger partial charge in [0, 0.05) is 32.7 Å². The maximum Gasteiger partial charge on any atom is 0.410 e. The van der Waals surface area contributed by atoms with E-state index in [1.165, 1.54) is 11.3 Å². The number of hydrogen-bond donors (Lipinski definition) is 3. The van der Waals surface area contributed by atoms with Gasteiger partial charge in [-0.05, 0) is 37.1 Å². The number of nitrogens with one attached hydrogen (secondary N) is 2. The second-order valence-corrected chi connectivity index (χ2v) is 9.89. The molecule has 3 atom stereocenters. The maximum absolute atomic E-state index is 13.3. The number of carbonyl (C=O) groups excluding carboxylic acids is 2. The predicted molar refractivity (Wildman–Crippen MR) is 144 cm³/mol. The molecule has 2 aliphatic heterocycles. The van der Waals surface area contributed by atoms with Crippen LogP contribution in [0.2, 0.25) is 0 Å². The first-order valence-corrected chi connectivity index (χ1v) is 13.6. The van der Waals surface area contributed by atoms with Gasteiger partial charge in [0.15, 0.2) is 6.04 Å². The third-order valence-corrected chi connectivity index (χ3v) is 7.17. The van der Waals surface area contributed by atoms with Crippen molar-refractivity contribution in [3.63, 3.8) is 0 Å². The van der Waals surface area contributed by atoms with E-state index in [-0.39, 0.29) is 19.8 Å². The summed E-state index contributed by atoms with van der Waals surface area (Å²) in [7, 11) is 0. The third kappa shape index (κ3) is 8.01. The van der Waals surface area contributed by atoms with Crippen molar-refractivity contribution in [2.45, 2.75) is 50.7 Å². The van der Waals surface area contributed by atoms with Gasteiger partial charge in [-0.2, -0.15) is 0 Å². The molecule has 0 bridgehead atoms. The number of rotatable bonds is 6. The monoisotopic (exact) mass is 524 g/mol. The van der Waals surface area contributed by atoms with E-state index in [4.69, 9.17) is 9.47 Å². The largest absolute Gasteiger partial charge is 0.459 e. The summed E-state index contributed by atoms with van der Waals surface area (Å²) in [6, 6.07) is 17.2. The first kappa shape index (κ1) is 28.0. The van der Waals surface area contributed by atoms with Gasteiger partial charge in [0.25, 0.3) is 0 Å². The number of likely N-dealkylation sites (tertiary alicyclic amines) is 1. The number of ether oxygens (including phenoxy) is 2. The van der Waals surface area contributed by atoms with Gasteiger partial charge in [0.1, 0.15) is 19.3 Å². The standard InChI is InChI=1S/C29H40N4O5/c34-27-25(32-18-16-30-14-8-3-9-15-31-17-19-32)20-33(29(36)38-22-24-12-6-2-7-13-24)26(27)28(35)37-21-23-10-4-1-5-11-23/h1-2,4-7,10-13,25-27,30-31,34H,3,8-9,14-22H2/t25-,26+,27+/m1/s1. The molecule has 2 aromatic rings. The number of aliphatic hydroxyl groups is 1. The Hall–Kier alpha value is -2.98. The highest BCUT2D eigenvalue weighted by Gasteiger charge is 2.50. The van der Waals surface area contributed by atoms with Crippen LogP contribution in [0.1, 0.15) is 30.4 Å². The van der Waals surface area contributed by atoms with Gasteiger partial charge < -0.3 is 25.2 Å². The van der Waals surface area contributed by atoms with Crippen LogP contribution < -0.4 is 10.6 Å². The molecule has 2 fully saturated rings. The quantitative estimate of drug-likeness (QED) is 0.494. The number of esters is 1. The Morgan fingerprint density at radius 2 is 1.34 bits per heavy atom. The molecular weight excluding hydrogens is 484 g/mol. The van der Waals surface area contributed by atoms with Crippen molar-refractivity contribution in [1.82, 2.24) is 20.4 Å². The van der Waals surface area contributed by atoms with Crippen LogP contribution in [0.15, 0.2) is 60.7 Å². The Kier molecular flexibility index (Phi) is 10.9. The fourth-order valence-corrected chi connectivity index (χ4v) is 5.04. The molecule has 0 unspecified atom stereocenters. The fraction of sp³-hybridized carbons (Fsp3) is 0.517. The highest BCUT2D eigenvalue weighted by molar-refractivity contribution is 5.83. The Bertz CT molecular complexity index is 981. The zero-order valence-electron chi connectivity index (χ0n) is 22.0. The van der Waals surface area contributed by atoms with Crippen LogP contribution in [0.4, 0.5) is 4.79 Å². The Morgan fingerprint density at radius 3 is 1.92 bits per heavy atom. The van der Waals surface area contributed by atoms with E-state index >= 15 is 0 Å². The van der Waals surface area contributed by atoms with Crippen LogP contribution in [0.25, 0.3) is 0 Å². The molecule has 0 saturated carbocycles. The van der Waals surface area contributed by atoms with E-state index in [0.29, 0.717) is 13.1 Å². The van der Waals surface area contributed by atoms with Crippen LogP contribution >= 0.6 is 0 Å². The molecule has 9 nitrogen and oxygen atoms in total. The van der Waals surface area contributed by atoms with Crippen molar-refractivity contribution < 1.29 is 24.2 Å². The number of carbonyl (C=O) groups is 2. The molecule has 2 heterocycles. The Morgan fingerprint density at radius 1 is 0.789 bits per heavy atom. The van der Waals surface area contributed by atoms with Crippen molar-refractivity contribution in [3.8, 4) is 0 Å². The molecule has 3 N–H and O–H groups in total. The Balaban J connectivity index is 1.47. The second-order valence-electron chi connectivity index (χ2n) is 9.89. The smallest absolute Gasteiger partial charge is 0.410 e. The van der Waals surface area contributed by atoms with Crippen molar-refractivity contribution in [1.29, 1.82) is 0 Å². The SMILES string of the molecule is O=C(OCc1ccccc1)[C@@H]1[C@@H](O)[C@H](N2CCNCCCCCNCC2)CN1C(=O)OCc1ccccc1. The molecule has 4 rings (SSSR count). The molecule has 0 spiro atoms. The zero-order chi connectivity index (χ0) is 26.6. The number of hydrogen-bond acceptors (Lipinski definition) is 8. The maximum atomic E-state index is 13.3. The van der Waals surface area contributed by atoms with Gasteiger partial charge in [0.2, 0.25) is 0 Å². The van der Waals surface area contributed by atoms with Crippen molar-refractivity contribution in [2.75, 3.05) is 45.8 Å². The van der Waals surface area contributed by atoms with Gasteiger partial charge in [-0.15, -0.1) is 0 Å². The molecule has 9 heteroatoms. The van der Waals surface area contributed by atoms with E-state index < -0.39 is 30.3 Å². The summed E-state index contributed by atoms with van der Waals surface area (Å²) < 4.78 is 11.2. The van der Waals surface area contributed by atoms with Gasteiger partial charge in [0.05, 0.1) is 6.04 Å². The summed E-state index contributed by atoms with van der Waals surface area (Å²) in [6.07, 6.45) is 1.71. The minimum absolute atomic E-state index is 0.0675. The lowest BCUT2D eigenvalue weighted by molar-refractivity contribution is -0.153. The third-order valence-electron chi connectivity index (χ3n) is 7.17. The van der Waals surface area contributed by atoms with Gasteiger partial charge in [-0.25, -0.2) is 9.59 Å². The normalized spacial score (nSPS) is 23.7. The summed E-state index contributed by atoms with van der Waals surface area (Å²) in [5.74, 6) is -0.633. The van der Waals surface area contributed by atoms with Crippen molar-refractivity contribution in [2.24, 2.45) is 0 Å². The molecule has 1 amide bonds. The minimum atomic E-state index is -1.14. The van der Waals surface area contributed by atoms with Crippen LogP contribution in [0.5, 0.6) is 0 Å². The van der Waals surface area contributed by atoms with Crippen LogP contribution in [-0.2, 0) is 27.5 Å². The molecule has 0 aliphatic carbocycles. The van der Waals surface area contributed by atoms with E-state index in [1.807, 2.05) is 60.7 Å². The average molecular weight is 525 g/mol. The zero-order valence-corrected chi connectivity index (χ0v) is 22.0. The fourth-order valence-electron chi connectivity index (χ4n) is 5.04. The van der Waals surface area contributed by atoms with E-state index in [0.717, 1.165) is 50.1 Å². The summed E-state index contributed by atoms with van der Waals surface area (Å²) in [6.45, 7) is 5.17. The molecule has 38 heavy (non-hydrogen) atoms. The van der Waals surface area contributed by atoms with Crippen molar-refractivity contribution >= 4 is 12.1 Å². The van der Waals surface area contributed by atoms with Gasteiger partial charge in [-0.1, -0.05) is 67.1 Å². The summed E-state index contributed by atoms with van der Waals surface area (Å²) in [4.78, 5) is 30.0. The average Bonchev–Trinajstić information content (AvgIpc) is 3.29. The second kappa shape index (κ2) is 14.8. The molecule has 0 radical (unpaired) electrons. The van der Waals surface area contributed by atoms with E-state index in [9.17, 15) is 14.7 Å². The molecule has 2 saturated heterocycles. The van der Waals surface area contributed by atoms with Crippen LogP contribution in [0.3, 0.4) is 0 Å². The highest BCUT2D eigenvalue weighted by Crippen LogP contribution is 2.26. The van der Waals surface area contributed by atoms with Crippen molar-refractivity contribution in [3.05, 3.63) is 71.8 Å². The summed E-state index contributed by atoms with van der Waals surface area (Å²) in [5, 5.41) is 18.4. The number of amides is 1. The number of benzene rings is 2. The molecule has 2 aliphatic rings. The first-order chi connectivity index (χ1) is 18.6. The van der Waals surface area contributed by atoms with E-state index in [1.54, 1.807) is 0 Å². The molecule has 2 aromatic carbocycles. The van der Waals surface area contributed by atoms with Crippen LogP contribution in [-0.4, -0.2) is 91.0 Å². The number of aliphatic hydroxyl groups excluding tert-OH is 1. The van der Waals surface area contributed by atoms with E-state index in [2.05, 4.69) is 15.5 Å². The minimum Gasteiger partial charge on any atom is -0.459 e. The lowest BCUT2D eigenvalue weighted by atomic mass is 10.1. The number of nitrogens with zero attached hydrogens (tertiary/aromatic N) is 2. The lowest BCUT2D eigenvalue weighted by Crippen LogP contribution is -2.50. The molecule has 0 aromatic heterocycles. The Labute approximate surface area is 225 Å². The lowest BCUT2D eigenvalue weighted by Gasteiger charge is -2.31. The first-order valence-electron chi connectivity index (χ1n) is 13.6.